The number of benzene rings is 1. The molecule has 1 saturated carbocycles. The number of hydrogen-bond donors (Lipinski definition) is 1. The topological polar surface area (TPSA) is 83.1 Å². The van der Waals surface area contributed by atoms with Crippen LogP contribution in [0.4, 0.5) is 0 Å². The molecule has 1 aromatic heterocycles. The first-order chi connectivity index (χ1) is 10.1. The Labute approximate surface area is 121 Å². The minimum absolute atomic E-state index is 0.0671. The molecule has 1 heterocycles. The molecule has 0 amide bonds. The molecule has 1 aliphatic carbocycles. The molecule has 0 aliphatic heterocycles. The Hall–Kier alpha value is -2.61. The van der Waals surface area contributed by atoms with Crippen molar-refractivity contribution in [3.8, 4) is 6.07 Å². The Morgan fingerprint density at radius 2 is 2.10 bits per heavy atom. The van der Waals surface area contributed by atoms with Crippen molar-refractivity contribution in [3.05, 3.63) is 46.2 Å². The number of para-hydroxylation sites is 1. The zero-order valence-corrected chi connectivity index (χ0v) is 11.4. The summed E-state index contributed by atoms with van der Waals surface area (Å²) in [6.07, 6.45) is 3.78. The number of nitriles is 1. The first kappa shape index (κ1) is 13.4. The summed E-state index contributed by atoms with van der Waals surface area (Å²) < 4.78 is 1.81. The summed E-state index contributed by atoms with van der Waals surface area (Å²) in [6.45, 7) is 0.571. The lowest BCUT2D eigenvalue weighted by molar-refractivity contribution is 0.0694. The minimum Gasteiger partial charge on any atom is -0.477 e. The van der Waals surface area contributed by atoms with Gasteiger partial charge < -0.3 is 9.67 Å². The van der Waals surface area contributed by atoms with E-state index in [9.17, 15) is 14.7 Å². The van der Waals surface area contributed by atoms with Crippen molar-refractivity contribution in [2.45, 2.75) is 25.8 Å². The van der Waals surface area contributed by atoms with Crippen molar-refractivity contribution in [2.75, 3.05) is 0 Å². The van der Waals surface area contributed by atoms with Crippen LogP contribution in [0.25, 0.3) is 10.9 Å². The van der Waals surface area contributed by atoms with E-state index in [0.29, 0.717) is 18.4 Å². The fourth-order valence-corrected chi connectivity index (χ4v) is 2.72. The van der Waals surface area contributed by atoms with Gasteiger partial charge in [0.05, 0.1) is 11.6 Å². The number of hydrogen-bond acceptors (Lipinski definition) is 3. The molecule has 0 saturated heterocycles. The summed E-state index contributed by atoms with van der Waals surface area (Å²) in [4.78, 5) is 23.4. The van der Waals surface area contributed by atoms with Crippen LogP contribution in [-0.4, -0.2) is 15.6 Å². The van der Waals surface area contributed by atoms with Gasteiger partial charge in [0, 0.05) is 30.0 Å². The summed E-state index contributed by atoms with van der Waals surface area (Å²) in [5.74, 6) is -1.22. The standard InChI is InChI=1S/C16H14N2O3/c17-8-7-16(5-6-16)10-18-9-12(15(20)21)14(19)11-3-1-2-4-13(11)18/h1-4,9H,5-7,10H2,(H,20,21). The third-order valence-corrected chi connectivity index (χ3v) is 4.13. The number of carboxylic acids is 1. The monoisotopic (exact) mass is 282 g/mol. The number of aromatic carboxylic acids is 1. The van der Waals surface area contributed by atoms with E-state index in [1.807, 2.05) is 16.7 Å². The summed E-state index contributed by atoms with van der Waals surface area (Å²) >= 11 is 0. The first-order valence-electron chi connectivity index (χ1n) is 6.79. The number of carboxylic acid groups (broad SMARTS) is 1. The second-order valence-electron chi connectivity index (χ2n) is 5.66. The summed E-state index contributed by atoms with van der Waals surface area (Å²) in [5.41, 5.74) is -0.0276. The molecule has 21 heavy (non-hydrogen) atoms. The second kappa shape index (κ2) is 4.74. The molecule has 2 aromatic rings. The summed E-state index contributed by atoms with van der Waals surface area (Å²) in [6, 6.07) is 9.20. The van der Waals surface area contributed by atoms with E-state index in [2.05, 4.69) is 6.07 Å². The van der Waals surface area contributed by atoms with E-state index in [1.54, 1.807) is 12.1 Å². The molecule has 1 fully saturated rings. The molecule has 1 N–H and O–H groups in total. The zero-order chi connectivity index (χ0) is 15.0. The number of pyridine rings is 1. The highest BCUT2D eigenvalue weighted by molar-refractivity contribution is 5.92. The fourth-order valence-electron chi connectivity index (χ4n) is 2.72. The van der Waals surface area contributed by atoms with Crippen LogP contribution in [0.5, 0.6) is 0 Å². The Morgan fingerprint density at radius 3 is 2.71 bits per heavy atom. The fraction of sp³-hybridized carbons (Fsp3) is 0.312. The highest BCUT2D eigenvalue weighted by atomic mass is 16.4. The highest BCUT2D eigenvalue weighted by Gasteiger charge is 2.42. The molecule has 1 aliphatic rings. The molecule has 0 bridgehead atoms. The normalized spacial score (nSPS) is 15.6. The number of carbonyl (C=O) groups is 1. The van der Waals surface area contributed by atoms with Crippen molar-refractivity contribution >= 4 is 16.9 Å². The van der Waals surface area contributed by atoms with Crippen LogP contribution in [0.2, 0.25) is 0 Å². The lowest BCUT2D eigenvalue weighted by Gasteiger charge is -2.17. The quantitative estimate of drug-likeness (QED) is 0.933. The van der Waals surface area contributed by atoms with Gasteiger partial charge in [-0.1, -0.05) is 12.1 Å². The van der Waals surface area contributed by atoms with Crippen LogP contribution >= 0.6 is 0 Å². The molecule has 0 unspecified atom stereocenters. The second-order valence-corrected chi connectivity index (χ2v) is 5.66. The van der Waals surface area contributed by atoms with E-state index in [1.165, 1.54) is 6.20 Å². The summed E-state index contributed by atoms with van der Waals surface area (Å²) in [5, 5.41) is 18.5. The van der Waals surface area contributed by atoms with E-state index < -0.39 is 11.4 Å². The average molecular weight is 282 g/mol. The molecule has 1 aromatic carbocycles. The molecule has 0 radical (unpaired) electrons. The highest BCUT2D eigenvalue weighted by Crippen LogP contribution is 2.50. The molecular formula is C16H14N2O3. The smallest absolute Gasteiger partial charge is 0.341 e. The van der Waals surface area contributed by atoms with Gasteiger partial charge in [-0.25, -0.2) is 4.79 Å². The van der Waals surface area contributed by atoms with Crippen LogP contribution < -0.4 is 5.43 Å². The predicted molar refractivity (Wildman–Crippen MR) is 77.1 cm³/mol. The van der Waals surface area contributed by atoms with Gasteiger partial charge in [0.15, 0.2) is 0 Å². The summed E-state index contributed by atoms with van der Waals surface area (Å²) in [7, 11) is 0. The van der Waals surface area contributed by atoms with Crippen molar-refractivity contribution < 1.29 is 9.90 Å². The van der Waals surface area contributed by atoms with E-state index in [4.69, 9.17) is 5.26 Å². The van der Waals surface area contributed by atoms with Crippen molar-refractivity contribution in [3.63, 3.8) is 0 Å². The van der Waals surface area contributed by atoms with Crippen LogP contribution in [0, 0.1) is 16.7 Å². The lowest BCUT2D eigenvalue weighted by atomic mass is 10.0. The number of nitrogens with zero attached hydrogens (tertiary/aromatic N) is 2. The maximum atomic E-state index is 12.2. The average Bonchev–Trinajstić information content (AvgIpc) is 3.22. The maximum absolute atomic E-state index is 12.2. The van der Waals surface area contributed by atoms with Gasteiger partial charge in [0.1, 0.15) is 5.56 Å². The van der Waals surface area contributed by atoms with Crippen molar-refractivity contribution in [1.82, 2.24) is 4.57 Å². The third-order valence-electron chi connectivity index (χ3n) is 4.13. The largest absolute Gasteiger partial charge is 0.477 e. The van der Waals surface area contributed by atoms with E-state index in [-0.39, 0.29) is 11.0 Å². The Kier molecular flexibility index (Phi) is 3.02. The molecule has 3 rings (SSSR count). The van der Waals surface area contributed by atoms with E-state index in [0.717, 1.165) is 18.4 Å². The molecule has 0 atom stereocenters. The van der Waals surface area contributed by atoms with Crippen molar-refractivity contribution in [1.29, 1.82) is 5.26 Å². The Balaban J connectivity index is 2.18. The van der Waals surface area contributed by atoms with Gasteiger partial charge in [0.2, 0.25) is 5.43 Å². The number of aromatic nitrogens is 1. The van der Waals surface area contributed by atoms with Gasteiger partial charge in [-0.3, -0.25) is 4.79 Å². The van der Waals surface area contributed by atoms with Crippen LogP contribution in [-0.2, 0) is 6.54 Å². The van der Waals surface area contributed by atoms with Gasteiger partial charge >= 0.3 is 5.97 Å². The molecule has 5 nitrogen and oxygen atoms in total. The Bertz CT molecular complexity index is 826. The molecular weight excluding hydrogens is 268 g/mol. The molecule has 5 heteroatoms. The number of rotatable bonds is 4. The minimum atomic E-state index is -1.22. The van der Waals surface area contributed by atoms with Gasteiger partial charge in [0.25, 0.3) is 0 Å². The number of fused-ring (bicyclic) bond motifs is 1. The molecule has 0 spiro atoms. The zero-order valence-electron chi connectivity index (χ0n) is 11.4. The lowest BCUT2D eigenvalue weighted by Crippen LogP contribution is -2.21. The van der Waals surface area contributed by atoms with Crippen molar-refractivity contribution in [2.24, 2.45) is 5.41 Å². The van der Waals surface area contributed by atoms with Crippen LogP contribution in [0.15, 0.2) is 35.3 Å². The van der Waals surface area contributed by atoms with Gasteiger partial charge in [-0.2, -0.15) is 5.26 Å². The van der Waals surface area contributed by atoms with Gasteiger partial charge in [-0.15, -0.1) is 0 Å². The Morgan fingerprint density at radius 1 is 1.38 bits per heavy atom. The first-order valence-corrected chi connectivity index (χ1v) is 6.79. The van der Waals surface area contributed by atoms with Gasteiger partial charge in [-0.05, 0) is 25.0 Å². The predicted octanol–water partition coefficient (Wildman–Crippen LogP) is 2.39. The van der Waals surface area contributed by atoms with Crippen LogP contribution in [0.1, 0.15) is 29.6 Å². The van der Waals surface area contributed by atoms with Crippen LogP contribution in [0.3, 0.4) is 0 Å². The van der Waals surface area contributed by atoms with E-state index >= 15 is 0 Å². The third kappa shape index (κ3) is 2.29. The SMILES string of the molecule is N#CCC1(Cn2cc(C(=O)O)c(=O)c3ccccc32)CC1. The maximum Gasteiger partial charge on any atom is 0.341 e. The molecule has 106 valence electrons.